The van der Waals surface area contributed by atoms with E-state index in [1.807, 2.05) is 25.1 Å². The normalized spacial score (nSPS) is 18.6. The van der Waals surface area contributed by atoms with E-state index in [9.17, 15) is 27.9 Å². The molecular formula is C24H25F3N4O3. The van der Waals surface area contributed by atoms with Gasteiger partial charge in [-0.15, -0.1) is 0 Å². The Balaban J connectivity index is 1.70. The van der Waals surface area contributed by atoms with Gasteiger partial charge in [0, 0.05) is 32.3 Å². The number of aromatic nitrogens is 2. The number of rotatable bonds is 6. The molecule has 7 nitrogen and oxygen atoms in total. The van der Waals surface area contributed by atoms with E-state index < -0.39 is 23.1 Å². The number of likely N-dealkylation sites (tertiary alicyclic amines) is 1. The number of aryl methyl sites for hydroxylation is 1. The van der Waals surface area contributed by atoms with Crippen LogP contribution in [0, 0.1) is 0 Å². The van der Waals surface area contributed by atoms with Crippen molar-refractivity contribution in [2.24, 2.45) is 0 Å². The van der Waals surface area contributed by atoms with Gasteiger partial charge in [0.1, 0.15) is 0 Å². The van der Waals surface area contributed by atoms with Gasteiger partial charge in [-0.3, -0.25) is 14.9 Å². The van der Waals surface area contributed by atoms with Crippen molar-refractivity contribution in [2.45, 2.75) is 37.9 Å². The van der Waals surface area contributed by atoms with Crippen molar-refractivity contribution in [3.8, 4) is 0 Å². The zero-order valence-electron chi connectivity index (χ0n) is 18.8. The maximum atomic E-state index is 13.1. The molecule has 180 valence electrons. The quantitative estimate of drug-likeness (QED) is 0.569. The highest BCUT2D eigenvalue weighted by molar-refractivity contribution is 6.04. The Morgan fingerprint density at radius 2 is 2.00 bits per heavy atom. The topological polar surface area (TPSA) is 87.5 Å². The van der Waals surface area contributed by atoms with Gasteiger partial charge in [-0.05, 0) is 55.7 Å². The van der Waals surface area contributed by atoms with Crippen LogP contribution in [0.3, 0.4) is 0 Å². The Morgan fingerprint density at radius 3 is 2.65 bits per heavy atom. The monoisotopic (exact) mass is 474 g/mol. The van der Waals surface area contributed by atoms with E-state index in [-0.39, 0.29) is 24.0 Å². The molecule has 0 bridgehead atoms. The largest absolute Gasteiger partial charge is 0.416 e. The Bertz CT molecular complexity index is 1250. The number of hydrogen-bond acceptors (Lipinski definition) is 4. The molecule has 34 heavy (non-hydrogen) atoms. The molecular weight excluding hydrogens is 449 g/mol. The van der Waals surface area contributed by atoms with Crippen LogP contribution in [0.5, 0.6) is 0 Å². The first-order valence-electron chi connectivity index (χ1n) is 10.9. The van der Waals surface area contributed by atoms with Crippen molar-refractivity contribution in [1.82, 2.24) is 14.5 Å². The van der Waals surface area contributed by atoms with E-state index in [0.29, 0.717) is 37.0 Å². The van der Waals surface area contributed by atoms with Crippen LogP contribution >= 0.6 is 0 Å². The van der Waals surface area contributed by atoms with Gasteiger partial charge in [-0.2, -0.15) is 13.2 Å². The number of hydrogen-bond donors (Lipinski definition) is 2. The molecule has 1 saturated heterocycles. The minimum atomic E-state index is -4.57. The Morgan fingerprint density at radius 1 is 1.24 bits per heavy atom. The Labute approximate surface area is 194 Å². The lowest BCUT2D eigenvalue weighted by atomic mass is 9.81. The lowest BCUT2D eigenvalue weighted by molar-refractivity contribution is -0.137. The number of nitrogens with one attached hydrogen (secondary N) is 1. The van der Waals surface area contributed by atoms with Gasteiger partial charge in [0.15, 0.2) is 0 Å². The fourth-order valence-electron chi connectivity index (χ4n) is 4.32. The summed E-state index contributed by atoms with van der Waals surface area (Å²) in [6.45, 7) is 2.79. The number of benzene rings is 2. The van der Waals surface area contributed by atoms with Crippen LogP contribution in [0.25, 0.3) is 11.0 Å². The number of amides is 2. The van der Waals surface area contributed by atoms with Crippen molar-refractivity contribution >= 4 is 28.8 Å². The number of aliphatic hydroxyl groups excluding tert-OH is 1. The number of carbonyl (C=O) groups is 2. The first-order chi connectivity index (χ1) is 16.0. The van der Waals surface area contributed by atoms with Crippen molar-refractivity contribution in [3.63, 3.8) is 0 Å². The van der Waals surface area contributed by atoms with Gasteiger partial charge >= 0.3 is 6.18 Å². The lowest BCUT2D eigenvalue weighted by Gasteiger charge is -2.22. The number of aliphatic hydroxyl groups is 1. The standard InChI is InChI=1S/C24H25F3N4O3/c1-23(9-11-30(2)21(23)34)16-7-8-19-18(14-16)28-22(31(19)10-4-12-32)29-20(33)15-5-3-6-17(13-15)24(25,26)27/h3,5-8,13-14,32H,4,9-12H2,1-2H3,(H,28,29,33)/t23-/m1/s1. The van der Waals surface area contributed by atoms with Gasteiger partial charge in [0.25, 0.3) is 5.91 Å². The van der Waals surface area contributed by atoms with E-state index >= 15 is 0 Å². The number of carbonyl (C=O) groups excluding carboxylic acids is 2. The average Bonchev–Trinajstić information content (AvgIpc) is 3.28. The zero-order chi connectivity index (χ0) is 24.7. The Hall–Kier alpha value is -3.40. The molecule has 0 aliphatic carbocycles. The van der Waals surface area contributed by atoms with Crippen LogP contribution in [-0.4, -0.2) is 51.6 Å². The van der Waals surface area contributed by atoms with Crippen LogP contribution in [0.15, 0.2) is 42.5 Å². The number of fused-ring (bicyclic) bond motifs is 1. The predicted octanol–water partition coefficient (Wildman–Crippen LogP) is 3.81. The molecule has 1 aliphatic heterocycles. The van der Waals surface area contributed by atoms with Crippen LogP contribution in [0.1, 0.15) is 41.3 Å². The van der Waals surface area contributed by atoms with E-state index in [2.05, 4.69) is 10.3 Å². The predicted molar refractivity (Wildman–Crippen MR) is 120 cm³/mol. The third kappa shape index (κ3) is 4.25. The number of alkyl halides is 3. The third-order valence-electron chi connectivity index (χ3n) is 6.37. The molecule has 4 rings (SSSR count). The van der Waals surface area contributed by atoms with E-state index in [1.165, 1.54) is 12.1 Å². The summed E-state index contributed by atoms with van der Waals surface area (Å²) in [6.07, 6.45) is -3.51. The molecule has 0 spiro atoms. The van der Waals surface area contributed by atoms with Crippen LogP contribution in [-0.2, 0) is 22.9 Å². The molecule has 2 N–H and O–H groups in total. The average molecular weight is 474 g/mol. The lowest BCUT2D eigenvalue weighted by Crippen LogP contribution is -2.33. The smallest absolute Gasteiger partial charge is 0.396 e. The SMILES string of the molecule is CN1CC[C@](C)(c2ccc3c(c2)nc(NC(=O)c2cccc(C(F)(F)F)c2)n3CCCO)C1=O. The summed E-state index contributed by atoms with van der Waals surface area (Å²) < 4.78 is 40.9. The minimum absolute atomic E-state index is 0.0182. The molecule has 2 amide bonds. The maximum absolute atomic E-state index is 13.1. The third-order valence-corrected chi connectivity index (χ3v) is 6.37. The van der Waals surface area contributed by atoms with Crippen molar-refractivity contribution in [2.75, 3.05) is 25.5 Å². The molecule has 10 heteroatoms. The highest BCUT2D eigenvalue weighted by atomic mass is 19.4. The molecule has 0 unspecified atom stereocenters. The first kappa shape index (κ1) is 23.7. The summed E-state index contributed by atoms with van der Waals surface area (Å²) in [7, 11) is 1.76. The maximum Gasteiger partial charge on any atom is 0.416 e. The molecule has 3 aromatic rings. The molecule has 1 atom stereocenters. The minimum Gasteiger partial charge on any atom is -0.396 e. The molecule has 0 radical (unpaired) electrons. The highest BCUT2D eigenvalue weighted by Gasteiger charge is 2.42. The van der Waals surface area contributed by atoms with Crippen LogP contribution in [0.4, 0.5) is 19.1 Å². The van der Waals surface area contributed by atoms with Gasteiger partial charge in [-0.25, -0.2) is 4.98 Å². The fourth-order valence-corrected chi connectivity index (χ4v) is 4.32. The molecule has 2 aromatic carbocycles. The second kappa shape index (κ2) is 8.75. The number of halogens is 3. The molecule has 1 aromatic heterocycles. The molecule has 1 aliphatic rings. The summed E-state index contributed by atoms with van der Waals surface area (Å²) in [6, 6.07) is 9.64. The van der Waals surface area contributed by atoms with Gasteiger partial charge in [-0.1, -0.05) is 12.1 Å². The van der Waals surface area contributed by atoms with Crippen LogP contribution < -0.4 is 5.32 Å². The van der Waals surface area contributed by atoms with Gasteiger partial charge < -0.3 is 14.6 Å². The number of likely N-dealkylation sites (N-methyl/N-ethyl adjacent to an activating group) is 1. The summed E-state index contributed by atoms with van der Waals surface area (Å²) in [5.74, 6) is -0.556. The second-order valence-corrected chi connectivity index (χ2v) is 8.71. The summed E-state index contributed by atoms with van der Waals surface area (Å²) in [5.41, 5.74) is 0.273. The summed E-state index contributed by atoms with van der Waals surface area (Å²) in [4.78, 5) is 31.7. The van der Waals surface area contributed by atoms with Gasteiger partial charge in [0.05, 0.1) is 22.0 Å². The number of imidazole rings is 1. The van der Waals surface area contributed by atoms with Crippen molar-refractivity contribution < 1.29 is 27.9 Å². The van der Waals surface area contributed by atoms with Crippen molar-refractivity contribution in [3.05, 3.63) is 59.2 Å². The molecule has 1 fully saturated rings. The number of anilines is 1. The van der Waals surface area contributed by atoms with E-state index in [4.69, 9.17) is 0 Å². The van der Waals surface area contributed by atoms with E-state index in [0.717, 1.165) is 17.7 Å². The Kier molecular flexibility index (Phi) is 6.11. The van der Waals surface area contributed by atoms with E-state index in [1.54, 1.807) is 16.5 Å². The molecule has 0 saturated carbocycles. The zero-order valence-corrected chi connectivity index (χ0v) is 18.8. The molecule has 2 heterocycles. The fraction of sp³-hybridized carbons (Fsp3) is 0.375. The van der Waals surface area contributed by atoms with Crippen molar-refractivity contribution in [1.29, 1.82) is 0 Å². The summed E-state index contributed by atoms with van der Waals surface area (Å²) in [5, 5.41) is 11.9. The van der Waals surface area contributed by atoms with Crippen LogP contribution in [0.2, 0.25) is 0 Å². The number of nitrogens with zero attached hydrogens (tertiary/aromatic N) is 3. The highest BCUT2D eigenvalue weighted by Crippen LogP contribution is 2.36. The first-order valence-corrected chi connectivity index (χ1v) is 10.9. The van der Waals surface area contributed by atoms with Gasteiger partial charge in [0.2, 0.25) is 11.9 Å². The summed E-state index contributed by atoms with van der Waals surface area (Å²) >= 11 is 0. The second-order valence-electron chi connectivity index (χ2n) is 8.71.